The summed E-state index contributed by atoms with van der Waals surface area (Å²) in [6.07, 6.45) is 0.629. The third kappa shape index (κ3) is 2.53. The molecular weight excluding hydrogens is 312 g/mol. The number of hydrogen-bond acceptors (Lipinski definition) is 7. The van der Waals surface area contributed by atoms with Crippen molar-refractivity contribution in [1.82, 2.24) is 9.78 Å². The van der Waals surface area contributed by atoms with Crippen LogP contribution in [0.15, 0.2) is 14.6 Å². The van der Waals surface area contributed by atoms with Gasteiger partial charge < -0.3 is 9.57 Å². The Bertz CT molecular complexity index is 719. The Kier molecular flexibility index (Phi) is 3.80. The molecule has 0 bridgehead atoms. The lowest BCUT2D eigenvalue weighted by Crippen LogP contribution is -2.26. The van der Waals surface area contributed by atoms with Gasteiger partial charge in [-0.2, -0.15) is 13.5 Å². The zero-order chi connectivity index (χ0) is 14.9. The van der Waals surface area contributed by atoms with Gasteiger partial charge >= 0.3 is 10.0 Å². The Labute approximate surface area is 118 Å². The molecule has 11 heteroatoms. The maximum absolute atomic E-state index is 11.9. The van der Waals surface area contributed by atoms with Crippen LogP contribution in [-0.2, 0) is 31.4 Å². The maximum atomic E-state index is 11.9. The fourth-order valence-corrected chi connectivity index (χ4v) is 2.94. The summed E-state index contributed by atoms with van der Waals surface area (Å²) in [4.78, 5) is 15.1. The van der Waals surface area contributed by atoms with Crippen molar-refractivity contribution in [3.8, 4) is 0 Å². The number of oxime groups is 1. The molecule has 1 aliphatic rings. The smallest absolute Gasteiger partial charge is 0.310 e. The van der Waals surface area contributed by atoms with Gasteiger partial charge in [0, 0.05) is 7.05 Å². The lowest BCUT2D eigenvalue weighted by atomic mass is 10.3. The lowest BCUT2D eigenvalue weighted by Gasteiger charge is -2.19. The number of aromatic nitrogens is 2. The number of nitrogens with zero attached hydrogens (tertiary/aromatic N) is 4. The van der Waals surface area contributed by atoms with E-state index in [9.17, 15) is 13.2 Å². The van der Waals surface area contributed by atoms with E-state index in [0.29, 0.717) is 0 Å². The summed E-state index contributed by atoms with van der Waals surface area (Å²) in [7, 11) is -2.99. The monoisotopic (exact) mass is 320 g/mol. The lowest BCUT2D eigenvalue weighted by molar-refractivity contribution is 0.0194. The molecule has 0 N–H and O–H groups in total. The molecule has 0 amide bonds. The number of hydrogen-bond donors (Lipinski definition) is 0. The Morgan fingerprint density at radius 3 is 2.85 bits per heavy atom. The molecule has 108 valence electrons. The summed E-state index contributed by atoms with van der Waals surface area (Å²) in [5.74, 6) is -0.137. The van der Waals surface area contributed by atoms with Gasteiger partial charge in [-0.1, -0.05) is 16.0 Å². The summed E-state index contributed by atoms with van der Waals surface area (Å²) >= 11 is 5.88. The fourth-order valence-electron chi connectivity index (χ4n) is 1.60. The Morgan fingerprint density at radius 1 is 1.55 bits per heavy atom. The quantitative estimate of drug-likeness (QED) is 0.580. The molecule has 1 atom stereocenters. The molecule has 1 aliphatic heterocycles. The number of carbonyl (C=O) groups excluding carboxylic acids is 1. The van der Waals surface area contributed by atoms with E-state index in [1.807, 2.05) is 0 Å². The highest BCUT2D eigenvalue weighted by Gasteiger charge is 2.33. The van der Waals surface area contributed by atoms with Crippen LogP contribution in [0.4, 0.5) is 0 Å². The van der Waals surface area contributed by atoms with E-state index in [4.69, 9.17) is 21.2 Å². The van der Waals surface area contributed by atoms with Crippen LogP contribution in [-0.4, -0.2) is 42.9 Å². The van der Waals surface area contributed by atoms with Crippen LogP contribution < -0.4 is 0 Å². The van der Waals surface area contributed by atoms with E-state index < -0.39 is 15.0 Å². The van der Waals surface area contributed by atoms with Crippen LogP contribution in [0.25, 0.3) is 0 Å². The van der Waals surface area contributed by atoms with Crippen LogP contribution >= 0.6 is 11.6 Å². The van der Waals surface area contributed by atoms with Crippen LogP contribution in [0.1, 0.15) is 12.5 Å². The van der Waals surface area contributed by atoms with Crippen molar-refractivity contribution in [3.63, 3.8) is 0 Å². The normalized spacial score (nSPS) is 18.6. The van der Waals surface area contributed by atoms with Gasteiger partial charge in [0.05, 0.1) is 0 Å². The molecule has 1 aromatic rings. The zero-order valence-electron chi connectivity index (χ0n) is 10.4. The molecule has 0 saturated carbocycles. The Morgan fingerprint density at radius 2 is 2.25 bits per heavy atom. The second-order valence-electron chi connectivity index (χ2n) is 3.87. The molecule has 0 radical (unpaired) electrons. The van der Waals surface area contributed by atoms with Gasteiger partial charge in [0.25, 0.3) is 12.0 Å². The molecule has 9 nitrogen and oxygen atoms in total. The number of sulfonamides is 1. The zero-order valence-corrected chi connectivity index (χ0v) is 12.0. The van der Waals surface area contributed by atoms with Gasteiger partial charge in [0.1, 0.15) is 11.7 Å². The van der Waals surface area contributed by atoms with Gasteiger partial charge in [-0.05, 0) is 12.1 Å². The third-order valence-electron chi connectivity index (χ3n) is 2.34. The number of halogens is 1. The molecule has 2 rings (SSSR count). The minimum absolute atomic E-state index is 0.111. The molecule has 0 saturated heterocycles. The Balaban J connectivity index is 2.66. The number of isocyanates is 1. The van der Waals surface area contributed by atoms with Crippen molar-refractivity contribution in [1.29, 1.82) is 0 Å². The maximum Gasteiger partial charge on any atom is 0.310 e. The predicted octanol–water partition coefficient (Wildman–Crippen LogP) is 0.195. The molecular formula is C9H9ClN4O5S. The second-order valence-corrected chi connectivity index (χ2v) is 5.75. The SMILES string of the molecule is CC1CON=C(c2c(Cl)nn(C)c2S(=O)(=O)N=C=O)O1. The van der Waals surface area contributed by atoms with E-state index in [1.165, 1.54) is 7.05 Å². The van der Waals surface area contributed by atoms with Crippen LogP contribution in [0, 0.1) is 0 Å². The van der Waals surface area contributed by atoms with E-state index in [2.05, 4.69) is 14.7 Å². The fraction of sp³-hybridized carbons (Fsp3) is 0.444. The van der Waals surface area contributed by atoms with Gasteiger partial charge in [-0.15, -0.1) is 0 Å². The predicted molar refractivity (Wildman–Crippen MR) is 66.6 cm³/mol. The molecule has 0 aliphatic carbocycles. The summed E-state index contributed by atoms with van der Waals surface area (Å²) in [6, 6.07) is 0. The van der Waals surface area contributed by atoms with Gasteiger partial charge in [0.15, 0.2) is 16.8 Å². The van der Waals surface area contributed by atoms with E-state index >= 15 is 0 Å². The molecule has 2 heterocycles. The first kappa shape index (κ1) is 14.5. The van der Waals surface area contributed by atoms with Crippen molar-refractivity contribution in [2.45, 2.75) is 18.1 Å². The van der Waals surface area contributed by atoms with Crippen molar-refractivity contribution >= 4 is 33.6 Å². The van der Waals surface area contributed by atoms with Crippen LogP contribution in [0.2, 0.25) is 5.15 Å². The first-order chi connectivity index (χ1) is 9.36. The standard InChI is InChI=1S/C9H9ClN4O5S/c1-5-3-18-13-8(19-5)6-7(10)12-14(2)9(6)20(16,17)11-4-15/h5H,3H2,1-2H3. The Hall–Kier alpha value is -1.90. The van der Waals surface area contributed by atoms with E-state index in [0.717, 1.165) is 10.8 Å². The highest BCUT2D eigenvalue weighted by Crippen LogP contribution is 2.27. The number of ether oxygens (including phenoxy) is 1. The number of aryl methyl sites for hydroxylation is 1. The summed E-state index contributed by atoms with van der Waals surface area (Å²) in [5, 5.41) is 6.78. The van der Waals surface area contributed by atoms with Crippen molar-refractivity contribution in [3.05, 3.63) is 10.7 Å². The molecule has 1 unspecified atom stereocenters. The summed E-state index contributed by atoms with van der Waals surface area (Å²) < 4.78 is 32.9. The minimum atomic E-state index is -4.32. The highest BCUT2D eigenvalue weighted by molar-refractivity contribution is 7.90. The number of rotatable bonds is 3. The molecule has 0 aromatic carbocycles. The molecule has 20 heavy (non-hydrogen) atoms. The average molecular weight is 321 g/mol. The van der Waals surface area contributed by atoms with Crippen LogP contribution in [0.3, 0.4) is 0 Å². The van der Waals surface area contributed by atoms with E-state index in [-0.39, 0.29) is 29.3 Å². The summed E-state index contributed by atoms with van der Waals surface area (Å²) in [6.45, 7) is 1.92. The average Bonchev–Trinajstić information content (AvgIpc) is 2.64. The molecule has 1 aromatic heterocycles. The highest BCUT2D eigenvalue weighted by atomic mass is 35.5. The third-order valence-corrected chi connectivity index (χ3v) is 3.87. The van der Waals surface area contributed by atoms with Gasteiger partial charge in [0.2, 0.25) is 0 Å². The van der Waals surface area contributed by atoms with Gasteiger partial charge in [-0.25, -0.2) is 4.79 Å². The first-order valence-corrected chi connectivity index (χ1v) is 7.12. The van der Waals surface area contributed by atoms with E-state index in [1.54, 1.807) is 6.92 Å². The molecule has 0 fully saturated rings. The molecule has 0 spiro atoms. The van der Waals surface area contributed by atoms with Crippen molar-refractivity contribution < 1.29 is 22.8 Å². The van der Waals surface area contributed by atoms with Gasteiger partial charge in [-0.3, -0.25) is 4.68 Å². The minimum Gasteiger partial charge on any atom is -0.468 e. The van der Waals surface area contributed by atoms with Crippen molar-refractivity contribution in [2.24, 2.45) is 16.6 Å². The van der Waals surface area contributed by atoms with Crippen molar-refractivity contribution in [2.75, 3.05) is 6.61 Å². The topological polar surface area (TPSA) is 112 Å². The first-order valence-electron chi connectivity index (χ1n) is 5.30. The van der Waals surface area contributed by atoms with Crippen LogP contribution in [0.5, 0.6) is 0 Å². The largest absolute Gasteiger partial charge is 0.468 e. The summed E-state index contributed by atoms with van der Waals surface area (Å²) in [5.41, 5.74) is -0.111. The second kappa shape index (κ2) is 5.23.